The van der Waals surface area contributed by atoms with E-state index in [1.807, 2.05) is 0 Å². The van der Waals surface area contributed by atoms with Gasteiger partial charge in [0.2, 0.25) is 0 Å². The third kappa shape index (κ3) is 2.33. The molecule has 1 unspecified atom stereocenters. The van der Waals surface area contributed by atoms with Crippen molar-refractivity contribution in [3.05, 3.63) is 29.1 Å². The summed E-state index contributed by atoms with van der Waals surface area (Å²) in [6, 6.07) is 2.79. The molecule has 96 valence electrons. The maximum absolute atomic E-state index is 12.0. The number of aliphatic hydroxyl groups is 1. The molecule has 1 aromatic heterocycles. The minimum absolute atomic E-state index is 0.0907. The van der Waals surface area contributed by atoms with Crippen molar-refractivity contribution in [3.63, 3.8) is 0 Å². The van der Waals surface area contributed by atoms with E-state index >= 15 is 0 Å². The second-order valence-corrected chi connectivity index (χ2v) is 4.33. The Labute approximate surface area is 104 Å². The summed E-state index contributed by atoms with van der Waals surface area (Å²) in [7, 11) is 0. The highest BCUT2D eigenvalue weighted by Crippen LogP contribution is 2.14. The SMILES string of the molecule is Cc1nc(C(=O)N2CCC(O)C2)ccc1C(=O)O. The topological polar surface area (TPSA) is 90.7 Å². The Morgan fingerprint density at radius 2 is 2.17 bits per heavy atom. The molecule has 1 aromatic rings. The second kappa shape index (κ2) is 4.73. The van der Waals surface area contributed by atoms with E-state index in [2.05, 4.69) is 4.98 Å². The molecule has 1 atom stereocenters. The van der Waals surface area contributed by atoms with Crippen LogP contribution >= 0.6 is 0 Å². The lowest BCUT2D eigenvalue weighted by atomic mass is 10.2. The highest BCUT2D eigenvalue weighted by atomic mass is 16.4. The predicted molar refractivity (Wildman–Crippen MR) is 62.5 cm³/mol. The van der Waals surface area contributed by atoms with E-state index in [1.165, 1.54) is 17.0 Å². The van der Waals surface area contributed by atoms with Gasteiger partial charge in [-0.2, -0.15) is 0 Å². The molecule has 6 nitrogen and oxygen atoms in total. The summed E-state index contributed by atoms with van der Waals surface area (Å²) in [6.07, 6.45) is 0.0890. The first-order valence-corrected chi connectivity index (χ1v) is 5.67. The molecular formula is C12H14N2O4. The molecule has 2 N–H and O–H groups in total. The molecule has 0 saturated carbocycles. The Morgan fingerprint density at radius 3 is 2.67 bits per heavy atom. The van der Waals surface area contributed by atoms with Crippen LogP contribution in [0.15, 0.2) is 12.1 Å². The van der Waals surface area contributed by atoms with Crippen LogP contribution in [0.5, 0.6) is 0 Å². The van der Waals surface area contributed by atoms with Crippen LogP contribution in [-0.2, 0) is 0 Å². The minimum Gasteiger partial charge on any atom is -0.478 e. The lowest BCUT2D eigenvalue weighted by Gasteiger charge is -2.15. The van der Waals surface area contributed by atoms with Gasteiger partial charge < -0.3 is 15.1 Å². The fourth-order valence-corrected chi connectivity index (χ4v) is 1.99. The van der Waals surface area contributed by atoms with Crippen molar-refractivity contribution < 1.29 is 19.8 Å². The predicted octanol–water partition coefficient (Wildman–Crippen LogP) is 0.295. The van der Waals surface area contributed by atoms with E-state index in [0.717, 1.165) is 0 Å². The number of nitrogens with zero attached hydrogens (tertiary/aromatic N) is 2. The third-order valence-corrected chi connectivity index (χ3v) is 2.99. The Balaban J connectivity index is 2.21. The largest absolute Gasteiger partial charge is 0.478 e. The Morgan fingerprint density at radius 1 is 1.44 bits per heavy atom. The van der Waals surface area contributed by atoms with Crippen LogP contribution in [-0.4, -0.2) is 51.2 Å². The highest BCUT2D eigenvalue weighted by molar-refractivity contribution is 5.94. The van der Waals surface area contributed by atoms with E-state index in [1.54, 1.807) is 6.92 Å². The molecule has 2 heterocycles. The quantitative estimate of drug-likeness (QED) is 0.787. The molecule has 0 spiro atoms. The van der Waals surface area contributed by atoms with Gasteiger partial charge >= 0.3 is 5.97 Å². The number of hydrogen-bond acceptors (Lipinski definition) is 4. The number of pyridine rings is 1. The Bertz CT molecular complexity index is 501. The molecule has 0 aromatic carbocycles. The van der Waals surface area contributed by atoms with Gasteiger partial charge in [0.25, 0.3) is 5.91 Å². The van der Waals surface area contributed by atoms with Crippen molar-refractivity contribution in [2.24, 2.45) is 0 Å². The molecule has 1 aliphatic heterocycles. The van der Waals surface area contributed by atoms with Gasteiger partial charge in [0.05, 0.1) is 17.4 Å². The van der Waals surface area contributed by atoms with Gasteiger partial charge in [0.1, 0.15) is 5.69 Å². The summed E-state index contributed by atoms with van der Waals surface area (Å²) in [5.74, 6) is -1.33. The summed E-state index contributed by atoms with van der Waals surface area (Å²) in [5, 5.41) is 18.2. The van der Waals surface area contributed by atoms with Crippen molar-refractivity contribution in [2.45, 2.75) is 19.4 Å². The standard InChI is InChI=1S/C12H14N2O4/c1-7-9(12(17)18)2-3-10(13-7)11(16)14-5-4-8(15)6-14/h2-3,8,15H,4-6H2,1H3,(H,17,18). The molecule has 1 saturated heterocycles. The number of carbonyl (C=O) groups is 2. The number of carbonyl (C=O) groups excluding carboxylic acids is 1. The maximum Gasteiger partial charge on any atom is 0.337 e. The number of aromatic nitrogens is 1. The first-order valence-electron chi connectivity index (χ1n) is 5.67. The second-order valence-electron chi connectivity index (χ2n) is 4.33. The summed E-state index contributed by atoms with van der Waals surface area (Å²) in [6.45, 7) is 2.36. The van der Waals surface area contributed by atoms with Crippen LogP contribution in [0.3, 0.4) is 0 Å². The molecule has 1 amide bonds. The number of rotatable bonds is 2. The molecule has 0 bridgehead atoms. The van der Waals surface area contributed by atoms with Gasteiger partial charge in [-0.1, -0.05) is 0 Å². The van der Waals surface area contributed by atoms with Crippen molar-refractivity contribution in [1.82, 2.24) is 9.88 Å². The fraction of sp³-hybridized carbons (Fsp3) is 0.417. The number of aromatic carboxylic acids is 1. The smallest absolute Gasteiger partial charge is 0.337 e. The average molecular weight is 250 g/mol. The van der Waals surface area contributed by atoms with Gasteiger partial charge in [-0.3, -0.25) is 4.79 Å². The average Bonchev–Trinajstić information content (AvgIpc) is 2.74. The summed E-state index contributed by atoms with van der Waals surface area (Å²) >= 11 is 0. The molecule has 2 rings (SSSR count). The van der Waals surface area contributed by atoms with Crippen molar-refractivity contribution in [1.29, 1.82) is 0 Å². The fourth-order valence-electron chi connectivity index (χ4n) is 1.99. The van der Waals surface area contributed by atoms with E-state index in [9.17, 15) is 14.7 Å². The molecule has 0 aliphatic carbocycles. The van der Waals surface area contributed by atoms with Gasteiger partial charge in [-0.05, 0) is 25.5 Å². The number of β-amino-alcohol motifs (C(OH)–C–C–N with tert-alkyl or cyclic N) is 1. The van der Waals surface area contributed by atoms with Crippen LogP contribution in [0.1, 0.15) is 33.0 Å². The van der Waals surface area contributed by atoms with Gasteiger partial charge in [0.15, 0.2) is 0 Å². The molecule has 18 heavy (non-hydrogen) atoms. The van der Waals surface area contributed by atoms with Crippen LogP contribution in [0, 0.1) is 6.92 Å². The first-order chi connectivity index (χ1) is 8.49. The van der Waals surface area contributed by atoms with Crippen molar-refractivity contribution in [3.8, 4) is 0 Å². The van der Waals surface area contributed by atoms with Crippen molar-refractivity contribution in [2.75, 3.05) is 13.1 Å². The Kier molecular flexibility index (Phi) is 3.29. The van der Waals surface area contributed by atoms with Gasteiger partial charge in [-0.25, -0.2) is 9.78 Å². The maximum atomic E-state index is 12.0. The molecular weight excluding hydrogens is 236 g/mol. The summed E-state index contributed by atoms with van der Waals surface area (Å²) in [4.78, 5) is 28.4. The number of hydrogen-bond donors (Lipinski definition) is 2. The molecule has 1 aliphatic rings. The Hall–Kier alpha value is -1.95. The van der Waals surface area contributed by atoms with Gasteiger partial charge in [0, 0.05) is 13.1 Å². The zero-order valence-electron chi connectivity index (χ0n) is 9.96. The number of aryl methyl sites for hydroxylation is 1. The van der Waals surface area contributed by atoms with E-state index in [0.29, 0.717) is 25.2 Å². The summed E-state index contributed by atoms with van der Waals surface area (Å²) < 4.78 is 0. The lowest BCUT2D eigenvalue weighted by molar-refractivity contribution is 0.0692. The van der Waals surface area contributed by atoms with E-state index in [4.69, 9.17) is 5.11 Å². The first kappa shape index (κ1) is 12.5. The number of likely N-dealkylation sites (tertiary alicyclic amines) is 1. The van der Waals surface area contributed by atoms with Crippen molar-refractivity contribution >= 4 is 11.9 Å². The lowest BCUT2D eigenvalue weighted by Crippen LogP contribution is -2.30. The van der Waals surface area contributed by atoms with E-state index in [-0.39, 0.29) is 17.2 Å². The number of amides is 1. The van der Waals surface area contributed by atoms with Crippen LogP contribution in [0.4, 0.5) is 0 Å². The highest BCUT2D eigenvalue weighted by Gasteiger charge is 2.26. The number of carboxylic acids is 1. The zero-order valence-corrected chi connectivity index (χ0v) is 9.96. The summed E-state index contributed by atoms with van der Waals surface area (Å²) in [5.41, 5.74) is 0.618. The normalized spacial score (nSPS) is 19.0. The minimum atomic E-state index is -1.06. The number of aliphatic hydroxyl groups excluding tert-OH is 1. The molecule has 1 fully saturated rings. The monoisotopic (exact) mass is 250 g/mol. The number of carboxylic acid groups (broad SMARTS) is 1. The van der Waals surface area contributed by atoms with E-state index < -0.39 is 12.1 Å². The molecule has 6 heteroatoms. The van der Waals surface area contributed by atoms with Crippen LogP contribution < -0.4 is 0 Å². The van der Waals surface area contributed by atoms with Crippen LogP contribution in [0.25, 0.3) is 0 Å². The third-order valence-electron chi connectivity index (χ3n) is 2.99. The van der Waals surface area contributed by atoms with Crippen LogP contribution in [0.2, 0.25) is 0 Å². The van der Waals surface area contributed by atoms with Gasteiger partial charge in [-0.15, -0.1) is 0 Å². The molecule has 0 radical (unpaired) electrons. The zero-order chi connectivity index (χ0) is 13.3.